The number of methoxy groups -OCH3 is 1. The lowest BCUT2D eigenvalue weighted by atomic mass is 9.92. The summed E-state index contributed by atoms with van der Waals surface area (Å²) in [5.41, 5.74) is 3.63. The number of benzene rings is 1. The van der Waals surface area contributed by atoms with Gasteiger partial charge in [-0.2, -0.15) is 0 Å². The van der Waals surface area contributed by atoms with E-state index in [2.05, 4.69) is 0 Å². The van der Waals surface area contributed by atoms with Gasteiger partial charge in [0.15, 0.2) is 0 Å². The predicted molar refractivity (Wildman–Crippen MR) is 107 cm³/mol. The second kappa shape index (κ2) is 8.33. The number of allylic oxidation sites excluding steroid dienone is 1. The number of ketones is 1. The van der Waals surface area contributed by atoms with Gasteiger partial charge in [-0.25, -0.2) is 4.79 Å². The molecule has 1 aromatic heterocycles. The highest BCUT2D eigenvalue weighted by atomic mass is 16.5. The molecule has 0 amide bonds. The molecule has 1 aromatic carbocycles. The van der Waals surface area contributed by atoms with Crippen molar-refractivity contribution in [3.8, 4) is 5.75 Å². The van der Waals surface area contributed by atoms with E-state index in [1.807, 2.05) is 49.5 Å². The van der Waals surface area contributed by atoms with Gasteiger partial charge in [-0.05, 0) is 49.1 Å². The van der Waals surface area contributed by atoms with Crippen LogP contribution >= 0.6 is 0 Å². The van der Waals surface area contributed by atoms with Crippen molar-refractivity contribution in [2.24, 2.45) is 0 Å². The standard InChI is InChI=1S/C22H26N2O4/c1-5-28-22(26)19-12-16-8-9-17(14-23(2)3)21(25)20(16)24(19)13-15-6-10-18(27-4)11-7-15/h6-7,10-12,14H,5,8-9,13H2,1-4H3. The van der Waals surface area contributed by atoms with Gasteiger partial charge >= 0.3 is 5.97 Å². The first kappa shape index (κ1) is 19.7. The first-order chi connectivity index (χ1) is 13.4. The maximum Gasteiger partial charge on any atom is 0.354 e. The van der Waals surface area contributed by atoms with Crippen molar-refractivity contribution < 1.29 is 19.1 Å². The van der Waals surface area contributed by atoms with E-state index in [9.17, 15) is 9.59 Å². The molecule has 2 aromatic rings. The van der Waals surface area contributed by atoms with Gasteiger partial charge in [-0.1, -0.05) is 12.1 Å². The Bertz CT molecular complexity index is 907. The summed E-state index contributed by atoms with van der Waals surface area (Å²) in [6.45, 7) is 2.48. The molecule has 0 atom stereocenters. The summed E-state index contributed by atoms with van der Waals surface area (Å²) in [5.74, 6) is 0.326. The van der Waals surface area contributed by atoms with E-state index >= 15 is 0 Å². The number of carbonyl (C=O) groups is 2. The monoisotopic (exact) mass is 382 g/mol. The maximum atomic E-state index is 13.2. The maximum absolute atomic E-state index is 13.2. The van der Waals surface area contributed by atoms with Crippen molar-refractivity contribution in [3.05, 3.63) is 64.6 Å². The number of aryl methyl sites for hydroxylation is 1. The minimum Gasteiger partial charge on any atom is -0.497 e. The number of esters is 1. The Hall–Kier alpha value is -3.02. The van der Waals surface area contributed by atoms with E-state index in [0.29, 0.717) is 24.4 Å². The van der Waals surface area contributed by atoms with E-state index < -0.39 is 5.97 Å². The van der Waals surface area contributed by atoms with Crippen molar-refractivity contribution >= 4 is 11.8 Å². The van der Waals surface area contributed by atoms with Gasteiger partial charge in [0, 0.05) is 32.4 Å². The molecule has 6 heteroatoms. The fraction of sp³-hybridized carbons (Fsp3) is 0.364. The molecule has 28 heavy (non-hydrogen) atoms. The lowest BCUT2D eigenvalue weighted by Crippen LogP contribution is -2.22. The molecule has 0 fully saturated rings. The quantitative estimate of drug-likeness (QED) is 0.567. The summed E-state index contributed by atoms with van der Waals surface area (Å²) < 4.78 is 12.2. The van der Waals surface area contributed by atoms with Crippen LogP contribution < -0.4 is 4.74 Å². The van der Waals surface area contributed by atoms with Crippen LogP contribution in [-0.4, -0.2) is 49.0 Å². The molecular weight excluding hydrogens is 356 g/mol. The lowest BCUT2D eigenvalue weighted by Gasteiger charge is -2.19. The third-order valence-corrected chi connectivity index (χ3v) is 4.74. The number of rotatable bonds is 6. The largest absolute Gasteiger partial charge is 0.497 e. The molecule has 0 bridgehead atoms. The Morgan fingerprint density at radius 2 is 1.93 bits per heavy atom. The van der Waals surface area contributed by atoms with Crippen molar-refractivity contribution in [1.29, 1.82) is 0 Å². The van der Waals surface area contributed by atoms with Crippen molar-refractivity contribution in [3.63, 3.8) is 0 Å². The van der Waals surface area contributed by atoms with Gasteiger partial charge in [0.2, 0.25) is 5.78 Å². The smallest absolute Gasteiger partial charge is 0.354 e. The average Bonchev–Trinajstić information content (AvgIpc) is 3.04. The molecule has 0 radical (unpaired) electrons. The highest BCUT2D eigenvalue weighted by Gasteiger charge is 2.30. The summed E-state index contributed by atoms with van der Waals surface area (Å²) in [6.07, 6.45) is 3.25. The van der Waals surface area contributed by atoms with Crippen molar-refractivity contribution in [2.45, 2.75) is 26.3 Å². The molecule has 148 valence electrons. The Labute approximate surface area is 165 Å². The minimum atomic E-state index is -0.406. The summed E-state index contributed by atoms with van der Waals surface area (Å²) in [4.78, 5) is 27.6. The van der Waals surface area contributed by atoms with Crippen LogP contribution in [-0.2, 0) is 17.7 Å². The number of Topliss-reactive ketones (excluding diaryl/α,β-unsaturated/α-hetero) is 1. The average molecular weight is 382 g/mol. The van der Waals surface area contributed by atoms with Gasteiger partial charge in [-0.15, -0.1) is 0 Å². The molecule has 1 aliphatic carbocycles. The molecule has 0 saturated heterocycles. The third-order valence-electron chi connectivity index (χ3n) is 4.74. The molecule has 0 N–H and O–H groups in total. The zero-order valence-electron chi connectivity index (χ0n) is 16.8. The third kappa shape index (κ3) is 3.96. The fourth-order valence-corrected chi connectivity index (χ4v) is 3.49. The molecule has 6 nitrogen and oxygen atoms in total. The van der Waals surface area contributed by atoms with E-state index in [-0.39, 0.29) is 12.4 Å². The number of hydrogen-bond acceptors (Lipinski definition) is 5. The summed E-state index contributed by atoms with van der Waals surface area (Å²) in [6, 6.07) is 9.41. The summed E-state index contributed by atoms with van der Waals surface area (Å²) >= 11 is 0. The van der Waals surface area contributed by atoms with Crippen LogP contribution in [0.5, 0.6) is 5.75 Å². The minimum absolute atomic E-state index is 0.0287. The predicted octanol–water partition coefficient (Wildman–Crippen LogP) is 3.30. The zero-order chi connectivity index (χ0) is 20.3. The number of fused-ring (bicyclic) bond motifs is 1. The molecule has 0 spiro atoms. The van der Waals surface area contributed by atoms with E-state index in [4.69, 9.17) is 9.47 Å². The first-order valence-electron chi connectivity index (χ1n) is 9.38. The normalized spacial score (nSPS) is 14.7. The number of hydrogen-bond donors (Lipinski definition) is 0. The van der Waals surface area contributed by atoms with Crippen LogP contribution in [0.15, 0.2) is 42.1 Å². The van der Waals surface area contributed by atoms with Crippen LogP contribution in [0.1, 0.15) is 45.4 Å². The highest BCUT2D eigenvalue weighted by molar-refractivity contribution is 6.10. The second-order valence-electron chi connectivity index (χ2n) is 7.01. The van der Waals surface area contributed by atoms with Crippen LogP contribution in [0.3, 0.4) is 0 Å². The number of aromatic nitrogens is 1. The molecule has 1 aliphatic rings. The first-order valence-corrected chi connectivity index (χ1v) is 9.38. The fourth-order valence-electron chi connectivity index (χ4n) is 3.49. The van der Waals surface area contributed by atoms with Gasteiger partial charge in [0.1, 0.15) is 11.4 Å². The molecule has 3 rings (SSSR count). The summed E-state index contributed by atoms with van der Waals surface area (Å²) in [7, 11) is 5.42. The van der Waals surface area contributed by atoms with E-state index in [0.717, 1.165) is 28.9 Å². The number of ether oxygens (including phenoxy) is 2. The SMILES string of the molecule is CCOC(=O)c1cc2c(n1Cc1ccc(OC)cc1)C(=O)C(=CN(C)C)CC2. The van der Waals surface area contributed by atoms with Crippen molar-refractivity contribution in [1.82, 2.24) is 9.47 Å². The number of carbonyl (C=O) groups excluding carboxylic acids is 2. The van der Waals surface area contributed by atoms with Crippen LogP contribution in [0.2, 0.25) is 0 Å². The molecular formula is C22H26N2O4. The van der Waals surface area contributed by atoms with Gasteiger partial charge in [0.25, 0.3) is 0 Å². The zero-order valence-corrected chi connectivity index (χ0v) is 16.8. The van der Waals surface area contributed by atoms with Gasteiger partial charge in [0.05, 0.1) is 19.4 Å². The molecule has 0 aliphatic heterocycles. The lowest BCUT2D eigenvalue weighted by molar-refractivity contribution is 0.0514. The van der Waals surface area contributed by atoms with Gasteiger partial charge < -0.3 is 18.9 Å². The van der Waals surface area contributed by atoms with E-state index in [1.54, 1.807) is 24.7 Å². The second-order valence-corrected chi connectivity index (χ2v) is 7.01. The number of nitrogens with zero attached hydrogens (tertiary/aromatic N) is 2. The van der Waals surface area contributed by atoms with E-state index in [1.165, 1.54) is 0 Å². The summed E-state index contributed by atoms with van der Waals surface area (Å²) in [5, 5.41) is 0. The Morgan fingerprint density at radius 3 is 2.54 bits per heavy atom. The molecule has 0 unspecified atom stereocenters. The Morgan fingerprint density at radius 1 is 1.21 bits per heavy atom. The molecule has 1 heterocycles. The molecule has 0 saturated carbocycles. The van der Waals surface area contributed by atoms with Crippen LogP contribution in [0, 0.1) is 0 Å². The van der Waals surface area contributed by atoms with Crippen LogP contribution in [0.25, 0.3) is 0 Å². The Kier molecular flexibility index (Phi) is 5.87. The van der Waals surface area contributed by atoms with Gasteiger partial charge in [-0.3, -0.25) is 4.79 Å². The highest BCUT2D eigenvalue weighted by Crippen LogP contribution is 2.30. The Balaban J connectivity index is 2.06. The topological polar surface area (TPSA) is 60.8 Å². The van der Waals surface area contributed by atoms with Crippen LogP contribution in [0.4, 0.5) is 0 Å². The van der Waals surface area contributed by atoms with Crippen molar-refractivity contribution in [2.75, 3.05) is 27.8 Å².